The Hall–Kier alpha value is -2.31. The fourth-order valence-corrected chi connectivity index (χ4v) is 1.33. The third-order valence-electron chi connectivity index (χ3n) is 2.12. The van der Waals surface area contributed by atoms with Crippen LogP contribution >= 0.6 is 0 Å². The van der Waals surface area contributed by atoms with Gasteiger partial charge in [-0.2, -0.15) is 0 Å². The standard InChI is InChI=1S/C10H8F2N4O/c11-7-3-1-2-6(8(7)12)4-16-5-14-10(15-16)9(13)17/h1-3,5H,4H2,(H2,13,17). The molecular formula is C10H8F2N4O. The molecule has 0 fully saturated rings. The largest absolute Gasteiger partial charge is 0.363 e. The number of halogens is 2. The van der Waals surface area contributed by atoms with Crippen LogP contribution in [0.2, 0.25) is 0 Å². The van der Waals surface area contributed by atoms with Gasteiger partial charge in [0, 0.05) is 5.56 Å². The summed E-state index contributed by atoms with van der Waals surface area (Å²) in [5.41, 5.74) is 5.08. The van der Waals surface area contributed by atoms with Gasteiger partial charge in [0.2, 0.25) is 5.82 Å². The first-order chi connectivity index (χ1) is 8.08. The van der Waals surface area contributed by atoms with Crippen LogP contribution in [0, 0.1) is 11.6 Å². The number of carbonyl (C=O) groups is 1. The SMILES string of the molecule is NC(=O)c1ncn(Cc2cccc(F)c2F)n1. The van der Waals surface area contributed by atoms with E-state index in [1.807, 2.05) is 0 Å². The summed E-state index contributed by atoms with van der Waals surface area (Å²) in [6.45, 7) is -0.0239. The molecule has 0 unspecified atom stereocenters. The minimum Gasteiger partial charge on any atom is -0.363 e. The molecule has 0 aliphatic rings. The highest BCUT2D eigenvalue weighted by molar-refractivity contribution is 5.88. The molecule has 0 spiro atoms. The first-order valence-electron chi connectivity index (χ1n) is 4.70. The lowest BCUT2D eigenvalue weighted by Gasteiger charge is -2.03. The molecule has 0 radical (unpaired) electrons. The summed E-state index contributed by atoms with van der Waals surface area (Å²) >= 11 is 0. The van der Waals surface area contributed by atoms with E-state index in [0.29, 0.717) is 0 Å². The van der Waals surface area contributed by atoms with Gasteiger partial charge in [0.1, 0.15) is 6.33 Å². The highest BCUT2D eigenvalue weighted by atomic mass is 19.2. The van der Waals surface area contributed by atoms with Crippen molar-refractivity contribution < 1.29 is 13.6 Å². The molecule has 1 aromatic heterocycles. The maximum atomic E-state index is 13.3. The van der Waals surface area contributed by atoms with Gasteiger partial charge in [0.05, 0.1) is 6.54 Å². The van der Waals surface area contributed by atoms with Crippen molar-refractivity contribution in [2.45, 2.75) is 6.54 Å². The van der Waals surface area contributed by atoms with E-state index in [4.69, 9.17) is 5.73 Å². The number of nitrogens with zero attached hydrogens (tertiary/aromatic N) is 3. The maximum absolute atomic E-state index is 13.3. The maximum Gasteiger partial charge on any atom is 0.288 e. The Morgan fingerprint density at radius 3 is 2.82 bits per heavy atom. The van der Waals surface area contributed by atoms with Crippen molar-refractivity contribution in [3.05, 3.63) is 47.5 Å². The number of rotatable bonds is 3. The summed E-state index contributed by atoms with van der Waals surface area (Å²) in [4.78, 5) is 14.4. The lowest BCUT2D eigenvalue weighted by Crippen LogP contribution is -2.14. The van der Waals surface area contributed by atoms with Crippen molar-refractivity contribution in [1.82, 2.24) is 14.8 Å². The number of hydrogen-bond acceptors (Lipinski definition) is 3. The molecule has 1 aromatic carbocycles. The molecule has 17 heavy (non-hydrogen) atoms. The van der Waals surface area contributed by atoms with Crippen molar-refractivity contribution in [2.75, 3.05) is 0 Å². The summed E-state index contributed by atoms with van der Waals surface area (Å²) in [7, 11) is 0. The van der Waals surface area contributed by atoms with Gasteiger partial charge in [-0.3, -0.25) is 4.79 Å². The van der Waals surface area contributed by atoms with Gasteiger partial charge in [0.15, 0.2) is 11.6 Å². The molecule has 2 rings (SSSR count). The molecule has 0 saturated carbocycles. The van der Waals surface area contributed by atoms with Crippen molar-refractivity contribution in [2.24, 2.45) is 5.73 Å². The summed E-state index contributed by atoms with van der Waals surface area (Å²) < 4.78 is 27.5. The van der Waals surface area contributed by atoms with Crippen molar-refractivity contribution in [3.8, 4) is 0 Å². The van der Waals surface area contributed by atoms with Gasteiger partial charge < -0.3 is 5.73 Å². The van der Waals surface area contributed by atoms with E-state index in [1.54, 1.807) is 0 Å². The summed E-state index contributed by atoms with van der Waals surface area (Å²) in [6.07, 6.45) is 1.23. The highest BCUT2D eigenvalue weighted by Gasteiger charge is 2.10. The van der Waals surface area contributed by atoms with Gasteiger partial charge in [-0.15, -0.1) is 5.10 Å². The Balaban J connectivity index is 2.25. The lowest BCUT2D eigenvalue weighted by molar-refractivity contribution is 0.0990. The van der Waals surface area contributed by atoms with Crippen LogP contribution in [0.4, 0.5) is 8.78 Å². The van der Waals surface area contributed by atoms with Crippen LogP contribution in [-0.4, -0.2) is 20.7 Å². The Kier molecular flexibility index (Phi) is 2.82. The van der Waals surface area contributed by atoms with Crippen LogP contribution in [0.1, 0.15) is 16.2 Å². The third-order valence-corrected chi connectivity index (χ3v) is 2.12. The van der Waals surface area contributed by atoms with Crippen molar-refractivity contribution in [3.63, 3.8) is 0 Å². The van der Waals surface area contributed by atoms with Crippen LogP contribution < -0.4 is 5.73 Å². The Morgan fingerprint density at radius 2 is 2.18 bits per heavy atom. The molecule has 5 nitrogen and oxygen atoms in total. The van der Waals surface area contributed by atoms with E-state index in [0.717, 1.165) is 6.07 Å². The second kappa shape index (κ2) is 4.28. The van der Waals surface area contributed by atoms with E-state index in [1.165, 1.54) is 23.1 Å². The first-order valence-corrected chi connectivity index (χ1v) is 4.70. The van der Waals surface area contributed by atoms with Crippen LogP contribution in [0.15, 0.2) is 24.5 Å². The molecule has 2 N–H and O–H groups in total. The predicted molar refractivity (Wildman–Crippen MR) is 54.0 cm³/mol. The number of nitrogens with two attached hydrogens (primary N) is 1. The van der Waals surface area contributed by atoms with E-state index < -0.39 is 17.5 Å². The van der Waals surface area contributed by atoms with Crippen LogP contribution in [0.5, 0.6) is 0 Å². The molecule has 7 heteroatoms. The van der Waals surface area contributed by atoms with E-state index in [-0.39, 0.29) is 17.9 Å². The zero-order valence-electron chi connectivity index (χ0n) is 8.60. The van der Waals surface area contributed by atoms with Gasteiger partial charge in [-0.05, 0) is 6.07 Å². The quantitative estimate of drug-likeness (QED) is 0.855. The van der Waals surface area contributed by atoms with Crippen LogP contribution in [-0.2, 0) is 6.54 Å². The second-order valence-electron chi connectivity index (χ2n) is 3.34. The molecule has 2 aromatic rings. The van der Waals surface area contributed by atoms with E-state index >= 15 is 0 Å². The Bertz CT molecular complexity index is 567. The molecule has 0 atom stereocenters. The predicted octanol–water partition coefficient (Wildman–Crippen LogP) is 0.703. The molecule has 1 amide bonds. The Labute approximate surface area is 94.9 Å². The van der Waals surface area contributed by atoms with Gasteiger partial charge in [-0.25, -0.2) is 18.4 Å². The first kappa shape index (κ1) is 11.2. The summed E-state index contributed by atoms with van der Waals surface area (Å²) in [5, 5.41) is 3.72. The lowest BCUT2D eigenvalue weighted by atomic mass is 10.2. The molecule has 0 aliphatic heterocycles. The molecule has 88 valence electrons. The fourth-order valence-electron chi connectivity index (χ4n) is 1.33. The van der Waals surface area contributed by atoms with E-state index in [2.05, 4.69) is 10.1 Å². The number of aromatic nitrogens is 3. The van der Waals surface area contributed by atoms with Crippen molar-refractivity contribution >= 4 is 5.91 Å². The monoisotopic (exact) mass is 238 g/mol. The summed E-state index contributed by atoms with van der Waals surface area (Å²) in [6, 6.07) is 3.83. The molecule has 1 heterocycles. The van der Waals surface area contributed by atoms with Gasteiger partial charge in [-0.1, -0.05) is 12.1 Å². The number of carbonyl (C=O) groups excluding carboxylic acids is 1. The minimum atomic E-state index is -0.941. The van der Waals surface area contributed by atoms with Crippen molar-refractivity contribution in [1.29, 1.82) is 0 Å². The summed E-state index contributed by atoms with van der Waals surface area (Å²) in [5.74, 6) is -2.81. The minimum absolute atomic E-state index is 0.0239. The molecule has 0 saturated heterocycles. The van der Waals surface area contributed by atoms with Crippen LogP contribution in [0.25, 0.3) is 0 Å². The number of amides is 1. The molecular weight excluding hydrogens is 230 g/mol. The average molecular weight is 238 g/mol. The number of benzene rings is 1. The zero-order chi connectivity index (χ0) is 12.4. The smallest absolute Gasteiger partial charge is 0.288 e. The number of hydrogen-bond donors (Lipinski definition) is 1. The fraction of sp³-hybridized carbons (Fsp3) is 0.100. The molecule has 0 bridgehead atoms. The van der Waals surface area contributed by atoms with Gasteiger partial charge >= 0.3 is 0 Å². The average Bonchev–Trinajstić information content (AvgIpc) is 2.73. The third kappa shape index (κ3) is 2.27. The topological polar surface area (TPSA) is 73.8 Å². The van der Waals surface area contributed by atoms with E-state index in [9.17, 15) is 13.6 Å². The second-order valence-corrected chi connectivity index (χ2v) is 3.34. The highest BCUT2D eigenvalue weighted by Crippen LogP contribution is 2.12. The zero-order valence-corrected chi connectivity index (χ0v) is 8.60. The van der Waals surface area contributed by atoms with Gasteiger partial charge in [0.25, 0.3) is 5.91 Å². The van der Waals surface area contributed by atoms with Crippen LogP contribution in [0.3, 0.4) is 0 Å². The normalized spacial score (nSPS) is 10.5. The molecule has 0 aliphatic carbocycles. The Morgan fingerprint density at radius 1 is 1.41 bits per heavy atom. The number of primary amides is 1.